The summed E-state index contributed by atoms with van der Waals surface area (Å²) in [6, 6.07) is 13.2. The molecule has 5 rings (SSSR count). The molecule has 1 atom stereocenters. The lowest BCUT2D eigenvalue weighted by Gasteiger charge is -2.21. The number of imidazole rings is 1. The molecule has 0 radical (unpaired) electrons. The predicted octanol–water partition coefficient (Wildman–Crippen LogP) is 4.71. The van der Waals surface area contributed by atoms with E-state index >= 15 is 0 Å². The van der Waals surface area contributed by atoms with Crippen molar-refractivity contribution < 1.29 is 27.9 Å². The summed E-state index contributed by atoms with van der Waals surface area (Å²) in [4.78, 5) is 30.8. The van der Waals surface area contributed by atoms with Crippen molar-refractivity contribution in [2.24, 2.45) is 0 Å². The monoisotopic (exact) mass is 559 g/mol. The number of amides is 1. The van der Waals surface area contributed by atoms with Crippen LogP contribution in [0.15, 0.2) is 61.1 Å². The fourth-order valence-electron chi connectivity index (χ4n) is 3.99. The number of carbonyl (C=O) groups excluding carboxylic acids is 1. The van der Waals surface area contributed by atoms with Crippen molar-refractivity contribution in [1.82, 2.24) is 29.3 Å². The van der Waals surface area contributed by atoms with E-state index in [0.717, 1.165) is 28.2 Å². The zero-order valence-electron chi connectivity index (χ0n) is 20.4. The number of benzene rings is 1. The van der Waals surface area contributed by atoms with E-state index in [-0.39, 0.29) is 23.3 Å². The van der Waals surface area contributed by atoms with Gasteiger partial charge in [0.05, 0.1) is 28.5 Å². The number of alkyl halides is 3. The highest BCUT2D eigenvalue weighted by Crippen LogP contribution is 2.34. The van der Waals surface area contributed by atoms with E-state index in [2.05, 4.69) is 20.4 Å². The van der Waals surface area contributed by atoms with Crippen LogP contribution in [0.25, 0.3) is 22.4 Å². The summed E-state index contributed by atoms with van der Waals surface area (Å²) in [5, 5.41) is 14.9. The average Bonchev–Trinajstić information content (AvgIpc) is 3.43. The number of halogens is 4. The maximum atomic E-state index is 13.2. The molecule has 0 spiro atoms. The molecule has 0 saturated heterocycles. The third-order valence-electron chi connectivity index (χ3n) is 5.72. The highest BCUT2D eigenvalue weighted by molar-refractivity contribution is 6.34. The van der Waals surface area contributed by atoms with Crippen LogP contribution in [0, 0.1) is 6.92 Å². The number of nitrogens with two attached hydrogens (primary N) is 1. The summed E-state index contributed by atoms with van der Waals surface area (Å²) < 4.78 is 35.2. The molecular weight excluding hydrogens is 539 g/mol. The molecule has 0 aliphatic heterocycles. The van der Waals surface area contributed by atoms with Gasteiger partial charge in [0.1, 0.15) is 11.4 Å². The molecule has 1 aromatic carbocycles. The molecule has 0 saturated carbocycles. The number of carboxylic acid groups (broad SMARTS) is 1. The van der Waals surface area contributed by atoms with Crippen molar-refractivity contribution in [3.8, 4) is 11.3 Å². The smallest absolute Gasteiger partial charge is 0.475 e. The van der Waals surface area contributed by atoms with Gasteiger partial charge >= 0.3 is 12.1 Å². The normalized spacial score (nSPS) is 12.2. The number of aliphatic carboxylic acids is 1. The number of nitrogen functional groups attached to an aromatic ring is 1. The maximum Gasteiger partial charge on any atom is 0.490 e. The Morgan fingerprint density at radius 1 is 1.15 bits per heavy atom. The minimum absolute atomic E-state index is 0.121. The van der Waals surface area contributed by atoms with E-state index in [4.69, 9.17) is 27.2 Å². The first-order valence-corrected chi connectivity index (χ1v) is 11.7. The van der Waals surface area contributed by atoms with Crippen LogP contribution in [0.4, 0.5) is 19.0 Å². The third-order valence-corrected chi connectivity index (χ3v) is 6.02. The Hall–Kier alpha value is -4.65. The Balaban J connectivity index is 0.000000448. The van der Waals surface area contributed by atoms with Gasteiger partial charge in [-0.1, -0.05) is 41.9 Å². The first kappa shape index (κ1) is 27.4. The van der Waals surface area contributed by atoms with Gasteiger partial charge in [0.2, 0.25) is 0 Å². The fraction of sp³-hybridized carbons (Fsp3) is 0.160. The summed E-state index contributed by atoms with van der Waals surface area (Å²) in [6.45, 7) is 3.83. The topological polar surface area (TPSA) is 140 Å². The van der Waals surface area contributed by atoms with Crippen molar-refractivity contribution in [2.75, 3.05) is 5.73 Å². The van der Waals surface area contributed by atoms with Gasteiger partial charge in [0.25, 0.3) is 5.91 Å². The predicted molar refractivity (Wildman–Crippen MR) is 137 cm³/mol. The van der Waals surface area contributed by atoms with Crippen LogP contribution in [0.5, 0.6) is 0 Å². The summed E-state index contributed by atoms with van der Waals surface area (Å²) in [5.74, 6) is -2.19. The Morgan fingerprint density at radius 3 is 2.46 bits per heavy atom. The zero-order valence-corrected chi connectivity index (χ0v) is 21.2. The van der Waals surface area contributed by atoms with Crippen LogP contribution < -0.4 is 11.1 Å². The first-order chi connectivity index (χ1) is 18.4. The molecule has 4 N–H and O–H groups in total. The van der Waals surface area contributed by atoms with E-state index in [9.17, 15) is 18.0 Å². The summed E-state index contributed by atoms with van der Waals surface area (Å²) in [5.41, 5.74) is 10.2. The number of hydrogen-bond donors (Lipinski definition) is 3. The lowest BCUT2D eigenvalue weighted by Crippen LogP contribution is -2.28. The Kier molecular flexibility index (Phi) is 7.45. The number of aryl methyl sites for hydroxylation is 1. The third kappa shape index (κ3) is 5.48. The summed E-state index contributed by atoms with van der Waals surface area (Å²) >= 11 is 6.60. The van der Waals surface area contributed by atoms with Gasteiger partial charge in [-0.25, -0.2) is 19.3 Å². The van der Waals surface area contributed by atoms with Gasteiger partial charge in [0.15, 0.2) is 11.5 Å². The molecule has 0 bridgehead atoms. The summed E-state index contributed by atoms with van der Waals surface area (Å²) in [7, 11) is 0. The molecule has 39 heavy (non-hydrogen) atoms. The van der Waals surface area contributed by atoms with E-state index in [1.54, 1.807) is 24.7 Å². The number of carbonyl (C=O) groups is 2. The van der Waals surface area contributed by atoms with Crippen molar-refractivity contribution in [1.29, 1.82) is 0 Å². The van der Waals surface area contributed by atoms with Crippen LogP contribution in [0.2, 0.25) is 5.02 Å². The van der Waals surface area contributed by atoms with Crippen LogP contribution >= 0.6 is 11.6 Å². The SMILES string of the molecule is Cc1ncc2c(Cl)cc(C(C)NC(=O)c3c(N)nn4cccnc34)c(-c3ccccc3)n12.O=C(O)C(F)(F)F. The maximum absolute atomic E-state index is 13.2. The van der Waals surface area contributed by atoms with Crippen LogP contribution in [-0.4, -0.2) is 47.1 Å². The van der Waals surface area contributed by atoms with Gasteiger partial charge in [-0.3, -0.25) is 9.20 Å². The molecule has 10 nitrogen and oxygen atoms in total. The Labute approximate surface area is 223 Å². The van der Waals surface area contributed by atoms with E-state index in [1.165, 1.54) is 4.52 Å². The summed E-state index contributed by atoms with van der Waals surface area (Å²) in [6.07, 6.45) is -0.0376. The standard InChI is InChI=1S/C23H20ClN7O.C2HF3O2/c1-13(28-23(32)19-21(25)29-30-10-6-9-26-22(19)30)16-11-17(24)18-12-27-14(2)31(18)20(16)15-7-4-3-5-8-15;3-2(4,5)1(6)7/h3-13H,1-2H3,(H2,25,29)(H,28,32);(H,6,7). The molecule has 1 unspecified atom stereocenters. The van der Waals surface area contributed by atoms with Crippen molar-refractivity contribution >= 4 is 40.5 Å². The first-order valence-electron chi connectivity index (χ1n) is 11.3. The van der Waals surface area contributed by atoms with E-state index in [0.29, 0.717) is 10.7 Å². The second-order valence-corrected chi connectivity index (χ2v) is 8.74. The molecule has 1 amide bonds. The lowest BCUT2D eigenvalue weighted by atomic mass is 9.99. The number of rotatable bonds is 4. The molecule has 0 aliphatic rings. The zero-order chi connectivity index (χ0) is 28.5. The number of carboxylic acids is 1. The minimum atomic E-state index is -5.08. The highest BCUT2D eigenvalue weighted by atomic mass is 35.5. The lowest BCUT2D eigenvalue weighted by molar-refractivity contribution is -0.192. The van der Waals surface area contributed by atoms with Gasteiger partial charge in [-0.05, 0) is 31.5 Å². The van der Waals surface area contributed by atoms with Crippen molar-refractivity contribution in [2.45, 2.75) is 26.1 Å². The van der Waals surface area contributed by atoms with E-state index in [1.807, 2.05) is 54.6 Å². The second kappa shape index (κ2) is 10.6. The molecule has 4 aromatic heterocycles. The van der Waals surface area contributed by atoms with E-state index < -0.39 is 12.1 Å². The number of pyridine rings is 1. The number of hydrogen-bond acceptors (Lipinski definition) is 6. The van der Waals surface area contributed by atoms with Gasteiger partial charge < -0.3 is 16.2 Å². The molecule has 0 aliphatic carbocycles. The molecular formula is C25H21ClF3N7O3. The van der Waals surface area contributed by atoms with Gasteiger partial charge in [-0.15, -0.1) is 5.10 Å². The number of aromatic nitrogens is 5. The van der Waals surface area contributed by atoms with Crippen LogP contribution in [0.3, 0.4) is 0 Å². The number of fused-ring (bicyclic) bond motifs is 2. The van der Waals surface area contributed by atoms with Crippen LogP contribution in [0.1, 0.15) is 34.7 Å². The van der Waals surface area contributed by atoms with Crippen molar-refractivity contribution in [3.05, 3.63) is 83.0 Å². The number of anilines is 1. The van der Waals surface area contributed by atoms with Gasteiger partial charge in [0, 0.05) is 18.0 Å². The van der Waals surface area contributed by atoms with Crippen molar-refractivity contribution in [3.63, 3.8) is 0 Å². The largest absolute Gasteiger partial charge is 0.490 e. The van der Waals surface area contributed by atoms with Gasteiger partial charge in [-0.2, -0.15) is 13.2 Å². The second-order valence-electron chi connectivity index (χ2n) is 8.33. The van der Waals surface area contributed by atoms with Crippen LogP contribution in [-0.2, 0) is 4.79 Å². The molecule has 4 heterocycles. The number of nitrogens with zero attached hydrogens (tertiary/aromatic N) is 5. The molecule has 14 heteroatoms. The quantitative estimate of drug-likeness (QED) is 0.289. The number of nitrogens with one attached hydrogen (secondary N) is 1. The molecule has 5 aromatic rings. The Bertz CT molecular complexity index is 1680. The fourth-order valence-corrected chi connectivity index (χ4v) is 4.24. The molecule has 0 fully saturated rings. The Morgan fingerprint density at radius 2 is 1.82 bits per heavy atom. The minimum Gasteiger partial charge on any atom is -0.475 e. The highest BCUT2D eigenvalue weighted by Gasteiger charge is 2.38. The average molecular weight is 560 g/mol. The molecule has 202 valence electrons.